The van der Waals surface area contributed by atoms with Gasteiger partial charge in [0.1, 0.15) is 11.4 Å². The van der Waals surface area contributed by atoms with Gasteiger partial charge in [-0.05, 0) is 51.1 Å². The van der Waals surface area contributed by atoms with E-state index >= 15 is 0 Å². The average molecular weight is 594 g/mol. The monoisotopic (exact) mass is 593 g/mol. The van der Waals surface area contributed by atoms with Gasteiger partial charge in [0.2, 0.25) is 0 Å². The van der Waals surface area contributed by atoms with Crippen LogP contribution in [0.5, 0.6) is 5.75 Å². The molecule has 1 heterocycles. The van der Waals surface area contributed by atoms with Crippen molar-refractivity contribution in [2.45, 2.75) is 37.6 Å². The molecule has 0 atom stereocenters. The molecule has 198 valence electrons. The van der Waals surface area contributed by atoms with E-state index in [1.54, 1.807) is 46.0 Å². The Hall–Kier alpha value is -2.67. The molecular weight excluding hydrogens is 567 g/mol. The predicted molar refractivity (Wildman–Crippen MR) is 133 cm³/mol. The van der Waals surface area contributed by atoms with Gasteiger partial charge in [-0.1, -0.05) is 22.0 Å². The lowest BCUT2D eigenvalue weighted by molar-refractivity contribution is -0.274. The van der Waals surface area contributed by atoms with Crippen LogP contribution in [0, 0.1) is 0 Å². The summed E-state index contributed by atoms with van der Waals surface area (Å²) >= 11 is 3.36. The number of fused-ring (bicyclic) bond motifs is 1. The third-order valence-electron chi connectivity index (χ3n) is 5.16. The van der Waals surface area contributed by atoms with Crippen molar-refractivity contribution in [3.8, 4) is 5.75 Å². The summed E-state index contributed by atoms with van der Waals surface area (Å²) in [7, 11) is -2.59. The summed E-state index contributed by atoms with van der Waals surface area (Å²) in [5, 5.41) is 0. The first-order valence-corrected chi connectivity index (χ1v) is 13.2. The summed E-state index contributed by atoms with van der Waals surface area (Å²) in [5.41, 5.74) is 0.332. The maximum Gasteiger partial charge on any atom is 0.573 e. The van der Waals surface area contributed by atoms with E-state index in [4.69, 9.17) is 4.74 Å². The second-order valence-electron chi connectivity index (χ2n) is 9.12. The van der Waals surface area contributed by atoms with E-state index in [1.807, 2.05) is 4.90 Å². The van der Waals surface area contributed by atoms with Gasteiger partial charge >= 0.3 is 12.5 Å². The Morgan fingerprint density at radius 3 is 2.42 bits per heavy atom. The summed E-state index contributed by atoms with van der Waals surface area (Å²) in [6.07, 6.45) is -5.42. The van der Waals surface area contributed by atoms with Crippen LogP contribution in [-0.4, -0.2) is 64.6 Å². The topological polar surface area (TPSA) is 79.4 Å². The van der Waals surface area contributed by atoms with Gasteiger partial charge in [0.05, 0.1) is 22.8 Å². The number of hydrogen-bond donors (Lipinski definition) is 0. The number of anilines is 2. The Kier molecular flexibility index (Phi) is 8.04. The summed E-state index contributed by atoms with van der Waals surface area (Å²) in [6, 6.07) is 9.44. The molecule has 0 spiro atoms. The number of sulfonamides is 1. The predicted octanol–water partition coefficient (Wildman–Crippen LogP) is 5.23. The molecule has 1 aliphatic rings. The molecule has 0 fully saturated rings. The standard InChI is InChI=1S/C23H27BrF3N3O5S/c1-22(2,3)35-21(31)28(4)10-11-29-12-13-30(20-14-16(24)8-9-19(20)29)36(32,33)18-7-5-6-17(15-18)34-23(25,26)27/h5-9,14-15H,10-13H2,1-4H3. The second kappa shape index (κ2) is 10.4. The molecule has 36 heavy (non-hydrogen) atoms. The molecule has 0 unspecified atom stereocenters. The molecule has 0 N–H and O–H groups in total. The minimum absolute atomic E-state index is 0.0479. The molecule has 2 aromatic rings. The van der Waals surface area contributed by atoms with E-state index in [2.05, 4.69) is 20.7 Å². The zero-order valence-electron chi connectivity index (χ0n) is 20.2. The number of likely N-dealkylation sites (N-methyl/N-ethyl adjacent to an activating group) is 1. The van der Waals surface area contributed by atoms with E-state index in [0.717, 1.165) is 16.4 Å². The molecule has 0 aliphatic carbocycles. The summed E-state index contributed by atoms with van der Waals surface area (Å²) in [4.78, 5) is 15.3. The number of alkyl halides is 3. The molecule has 1 aliphatic heterocycles. The summed E-state index contributed by atoms with van der Waals surface area (Å²) in [6.45, 7) is 6.41. The second-order valence-corrected chi connectivity index (χ2v) is 11.9. The fourth-order valence-electron chi connectivity index (χ4n) is 3.56. The zero-order valence-corrected chi connectivity index (χ0v) is 22.6. The number of benzene rings is 2. The van der Waals surface area contributed by atoms with Crippen LogP contribution in [0.15, 0.2) is 51.8 Å². The Morgan fingerprint density at radius 2 is 1.78 bits per heavy atom. The Balaban J connectivity index is 1.85. The van der Waals surface area contributed by atoms with Crippen LogP contribution < -0.4 is 13.9 Å². The largest absolute Gasteiger partial charge is 0.573 e. The fraction of sp³-hybridized carbons (Fsp3) is 0.435. The van der Waals surface area contributed by atoms with Crippen LogP contribution in [0.2, 0.25) is 0 Å². The van der Waals surface area contributed by atoms with Gasteiger partial charge in [-0.25, -0.2) is 13.2 Å². The number of amides is 1. The van der Waals surface area contributed by atoms with Crippen LogP contribution in [-0.2, 0) is 14.8 Å². The first-order chi connectivity index (χ1) is 16.6. The van der Waals surface area contributed by atoms with E-state index in [9.17, 15) is 26.4 Å². The van der Waals surface area contributed by atoms with Gasteiger partial charge in [-0.15, -0.1) is 13.2 Å². The lowest BCUT2D eigenvalue weighted by Crippen LogP contribution is -2.46. The molecular formula is C23H27BrF3N3O5S. The molecule has 13 heteroatoms. The van der Waals surface area contributed by atoms with E-state index < -0.39 is 33.8 Å². The van der Waals surface area contributed by atoms with Crippen molar-refractivity contribution in [2.75, 3.05) is 42.4 Å². The van der Waals surface area contributed by atoms with Crippen LogP contribution in [0.1, 0.15) is 20.8 Å². The van der Waals surface area contributed by atoms with Gasteiger partial charge < -0.3 is 19.3 Å². The van der Waals surface area contributed by atoms with Gasteiger partial charge in [0.15, 0.2) is 0 Å². The number of nitrogens with zero attached hydrogens (tertiary/aromatic N) is 3. The number of hydrogen-bond acceptors (Lipinski definition) is 6. The molecule has 1 amide bonds. The highest BCUT2D eigenvalue weighted by Gasteiger charge is 2.34. The van der Waals surface area contributed by atoms with E-state index in [1.165, 1.54) is 17.0 Å². The summed E-state index contributed by atoms with van der Waals surface area (Å²) in [5.74, 6) is -0.623. The van der Waals surface area contributed by atoms with Crippen molar-refractivity contribution in [3.63, 3.8) is 0 Å². The Bertz CT molecular complexity index is 1220. The molecule has 3 rings (SSSR count). The first-order valence-electron chi connectivity index (χ1n) is 10.9. The van der Waals surface area contributed by atoms with E-state index in [0.29, 0.717) is 35.5 Å². The van der Waals surface area contributed by atoms with Crippen LogP contribution in [0.3, 0.4) is 0 Å². The normalized spacial score (nSPS) is 14.3. The molecule has 0 aromatic heterocycles. The number of carbonyl (C=O) groups excluding carboxylic acids is 1. The molecule has 0 radical (unpaired) electrons. The Labute approximate surface area is 216 Å². The SMILES string of the molecule is CN(CCN1CCN(S(=O)(=O)c2cccc(OC(F)(F)F)c2)c2cc(Br)ccc21)C(=O)OC(C)(C)C. The van der Waals surface area contributed by atoms with Crippen molar-refractivity contribution in [1.82, 2.24) is 4.90 Å². The number of ether oxygens (including phenoxy) is 2. The maximum absolute atomic E-state index is 13.5. The minimum atomic E-state index is -4.95. The lowest BCUT2D eigenvalue weighted by Gasteiger charge is -2.39. The van der Waals surface area contributed by atoms with E-state index in [-0.39, 0.29) is 11.4 Å². The number of rotatable bonds is 6. The summed E-state index contributed by atoms with van der Waals surface area (Å²) < 4.78 is 75.9. The van der Waals surface area contributed by atoms with Gasteiger partial charge in [-0.2, -0.15) is 0 Å². The Morgan fingerprint density at radius 1 is 1.08 bits per heavy atom. The first kappa shape index (κ1) is 27.9. The lowest BCUT2D eigenvalue weighted by atomic mass is 10.2. The molecule has 0 saturated heterocycles. The zero-order chi connectivity index (χ0) is 26.9. The molecule has 8 nitrogen and oxygen atoms in total. The minimum Gasteiger partial charge on any atom is -0.444 e. The quantitative estimate of drug-likeness (QED) is 0.456. The van der Waals surface area contributed by atoms with Crippen LogP contribution >= 0.6 is 15.9 Å². The van der Waals surface area contributed by atoms with Gasteiger partial charge in [-0.3, -0.25) is 4.31 Å². The van der Waals surface area contributed by atoms with Crippen molar-refractivity contribution in [2.24, 2.45) is 0 Å². The van der Waals surface area contributed by atoms with Crippen molar-refractivity contribution < 1.29 is 35.9 Å². The third-order valence-corrected chi connectivity index (χ3v) is 7.46. The fourth-order valence-corrected chi connectivity index (χ4v) is 5.41. The highest BCUT2D eigenvalue weighted by molar-refractivity contribution is 9.10. The maximum atomic E-state index is 13.5. The van der Waals surface area contributed by atoms with Crippen molar-refractivity contribution in [1.29, 1.82) is 0 Å². The van der Waals surface area contributed by atoms with Crippen molar-refractivity contribution in [3.05, 3.63) is 46.9 Å². The molecule has 0 saturated carbocycles. The van der Waals surface area contributed by atoms with Crippen LogP contribution in [0.4, 0.5) is 29.3 Å². The highest BCUT2D eigenvalue weighted by Crippen LogP contribution is 2.39. The number of halogens is 4. The van der Waals surface area contributed by atoms with Crippen LogP contribution in [0.25, 0.3) is 0 Å². The van der Waals surface area contributed by atoms with Crippen molar-refractivity contribution >= 4 is 43.4 Å². The van der Waals surface area contributed by atoms with Gasteiger partial charge in [0.25, 0.3) is 10.0 Å². The number of carbonyl (C=O) groups is 1. The highest BCUT2D eigenvalue weighted by atomic mass is 79.9. The third kappa shape index (κ3) is 6.96. The molecule has 0 bridgehead atoms. The smallest absolute Gasteiger partial charge is 0.444 e. The molecule has 2 aromatic carbocycles. The average Bonchev–Trinajstić information content (AvgIpc) is 2.74. The van der Waals surface area contributed by atoms with Gasteiger partial charge in [0, 0.05) is 37.2 Å².